The molecule has 246 valence electrons. The normalized spacial score (nSPS) is 18.4. The first-order chi connectivity index (χ1) is 22.8. The minimum atomic E-state index is -3.43. The molecular formula is C33H28ClF2N7O5. The second-order valence-electron chi connectivity index (χ2n) is 11.6. The Balaban J connectivity index is 1.33. The summed E-state index contributed by atoms with van der Waals surface area (Å²) in [5.41, 5.74) is 0.727. The fourth-order valence-electron chi connectivity index (χ4n) is 5.98. The van der Waals surface area contributed by atoms with Gasteiger partial charge in [0, 0.05) is 44.2 Å². The number of carbonyl (C=O) groups excluding carboxylic acids is 3. The first kappa shape index (κ1) is 32.4. The average molecular weight is 676 g/mol. The van der Waals surface area contributed by atoms with Gasteiger partial charge in [-0.3, -0.25) is 24.1 Å². The molecule has 2 aliphatic rings. The highest BCUT2D eigenvalue weighted by Crippen LogP contribution is 2.42. The second-order valence-corrected chi connectivity index (χ2v) is 12.0. The molecule has 6 rings (SSSR count). The zero-order valence-electron chi connectivity index (χ0n) is 25.9. The number of imide groups is 1. The third kappa shape index (κ3) is 5.45. The third-order valence-corrected chi connectivity index (χ3v) is 8.88. The Bertz CT molecular complexity index is 2080. The number of fused-ring (bicyclic) bond motifs is 2. The van der Waals surface area contributed by atoms with Gasteiger partial charge in [-0.2, -0.15) is 5.26 Å². The number of anilines is 3. The summed E-state index contributed by atoms with van der Waals surface area (Å²) in [4.78, 5) is 57.5. The van der Waals surface area contributed by atoms with E-state index >= 15 is 8.78 Å². The van der Waals surface area contributed by atoms with E-state index in [0.717, 1.165) is 0 Å². The van der Waals surface area contributed by atoms with Gasteiger partial charge in [-0.25, -0.2) is 13.8 Å². The van der Waals surface area contributed by atoms with Crippen LogP contribution in [0.5, 0.6) is 5.75 Å². The summed E-state index contributed by atoms with van der Waals surface area (Å²) in [6.45, 7) is 0.262. The third-order valence-electron chi connectivity index (χ3n) is 8.59. The lowest BCUT2D eigenvalue weighted by Gasteiger charge is -2.45. The number of piperidine rings is 1. The fourth-order valence-corrected chi connectivity index (χ4v) is 6.18. The first-order valence-electron chi connectivity index (χ1n) is 14.8. The van der Waals surface area contributed by atoms with Crippen molar-refractivity contribution >= 4 is 57.5 Å². The van der Waals surface area contributed by atoms with E-state index in [0.29, 0.717) is 21.5 Å². The van der Waals surface area contributed by atoms with E-state index in [4.69, 9.17) is 16.3 Å². The van der Waals surface area contributed by atoms with Crippen LogP contribution in [0.15, 0.2) is 59.4 Å². The lowest BCUT2D eigenvalue weighted by atomic mass is 9.89. The highest BCUT2D eigenvalue weighted by atomic mass is 35.5. The number of alkyl halides is 2. The van der Waals surface area contributed by atoms with Crippen LogP contribution in [0, 0.1) is 17.2 Å². The predicted octanol–water partition coefficient (Wildman–Crippen LogP) is 4.08. The number of pyridine rings is 2. The molecule has 3 amide bonds. The van der Waals surface area contributed by atoms with E-state index in [1.165, 1.54) is 47.7 Å². The highest BCUT2D eigenvalue weighted by molar-refractivity contribution is 6.33. The summed E-state index contributed by atoms with van der Waals surface area (Å²) < 4.78 is 38.3. The molecule has 2 atom stereocenters. The number of nitrogens with one attached hydrogen (secondary N) is 2. The van der Waals surface area contributed by atoms with Gasteiger partial charge in [-0.05, 0) is 42.5 Å². The van der Waals surface area contributed by atoms with Crippen molar-refractivity contribution in [3.63, 3.8) is 0 Å². The molecule has 4 heterocycles. The van der Waals surface area contributed by atoms with Gasteiger partial charge in [-0.1, -0.05) is 30.7 Å². The second kappa shape index (κ2) is 12.2. The number of nitrogens with zero attached hydrogens (tertiary/aromatic N) is 5. The molecule has 2 aromatic carbocycles. The molecule has 2 aliphatic heterocycles. The summed E-state index contributed by atoms with van der Waals surface area (Å²) in [5, 5.41) is 16.1. The number of rotatable bonds is 7. The van der Waals surface area contributed by atoms with Gasteiger partial charge in [0.05, 0.1) is 27.2 Å². The van der Waals surface area contributed by atoms with Gasteiger partial charge < -0.3 is 24.8 Å². The van der Waals surface area contributed by atoms with E-state index in [2.05, 4.69) is 15.6 Å². The Labute approximate surface area is 277 Å². The molecular weight excluding hydrogens is 648 g/mol. The number of likely N-dealkylation sites (N-methyl/N-ethyl adjacent to an activating group) is 1. The van der Waals surface area contributed by atoms with Crippen LogP contribution in [-0.2, 0) is 11.8 Å². The molecule has 0 radical (unpaired) electrons. The van der Waals surface area contributed by atoms with Gasteiger partial charge in [0.25, 0.3) is 29.2 Å². The molecule has 2 aromatic heterocycles. The largest absolute Gasteiger partial charge is 0.478 e. The summed E-state index contributed by atoms with van der Waals surface area (Å²) in [6.07, 6.45) is 0. The summed E-state index contributed by atoms with van der Waals surface area (Å²) in [6, 6.07) is 14.1. The van der Waals surface area contributed by atoms with Gasteiger partial charge >= 0.3 is 0 Å². The standard InChI is InChI=1S/C33H28ClF2N7O5/c1-17-14-42(15-26(33(17,35)36)43-30(45)21-6-4-5-7-22(21)31(43)46)29-19(13-37)11-23(34)28(40-29)39-20-8-9-24-18(10-20)12-25(32(47)41(24)3)48-16-27(44)38-2/h4-12,17,26H,14-16H2,1-3H3,(H,38,44)(H,39,40). The number of ether oxygens (including phenoxy) is 1. The smallest absolute Gasteiger partial charge is 0.293 e. The van der Waals surface area contributed by atoms with Crippen LogP contribution in [0.2, 0.25) is 5.02 Å². The van der Waals surface area contributed by atoms with Crippen LogP contribution in [0.3, 0.4) is 0 Å². The molecule has 0 saturated carbocycles. The number of aromatic nitrogens is 2. The molecule has 0 aliphatic carbocycles. The Morgan fingerprint density at radius 3 is 2.44 bits per heavy atom. The zero-order valence-corrected chi connectivity index (χ0v) is 26.6. The maximum absolute atomic E-state index is 15.8. The number of hydrogen-bond donors (Lipinski definition) is 2. The predicted molar refractivity (Wildman–Crippen MR) is 173 cm³/mol. The van der Waals surface area contributed by atoms with Gasteiger partial charge in [-0.15, -0.1) is 0 Å². The first-order valence-corrected chi connectivity index (χ1v) is 15.2. The quantitative estimate of drug-likeness (QED) is 0.276. The highest BCUT2D eigenvalue weighted by Gasteiger charge is 2.57. The van der Waals surface area contributed by atoms with Crippen molar-refractivity contribution in [2.24, 2.45) is 13.0 Å². The maximum Gasteiger partial charge on any atom is 0.293 e. The van der Waals surface area contributed by atoms with Crippen molar-refractivity contribution in [2.45, 2.75) is 18.9 Å². The maximum atomic E-state index is 15.8. The molecule has 2 unspecified atom stereocenters. The Hall–Kier alpha value is -5.55. The minimum Gasteiger partial charge on any atom is -0.478 e. The van der Waals surface area contributed by atoms with Crippen LogP contribution in [0.4, 0.5) is 26.1 Å². The molecule has 1 saturated heterocycles. The van der Waals surface area contributed by atoms with Crippen LogP contribution < -0.4 is 25.8 Å². The van der Waals surface area contributed by atoms with E-state index in [1.54, 1.807) is 37.4 Å². The molecule has 12 nitrogen and oxygen atoms in total. The molecule has 2 N–H and O–H groups in total. The van der Waals surface area contributed by atoms with Crippen molar-refractivity contribution in [1.29, 1.82) is 5.26 Å². The number of halogens is 3. The van der Waals surface area contributed by atoms with Crippen molar-refractivity contribution in [3.05, 3.63) is 86.7 Å². The molecule has 15 heteroatoms. The van der Waals surface area contributed by atoms with Crippen molar-refractivity contribution in [1.82, 2.24) is 19.8 Å². The van der Waals surface area contributed by atoms with E-state index in [1.807, 2.05) is 6.07 Å². The monoisotopic (exact) mass is 675 g/mol. The number of carbonyl (C=O) groups is 3. The number of hydrogen-bond acceptors (Lipinski definition) is 9. The Kier molecular flexibility index (Phi) is 8.26. The van der Waals surface area contributed by atoms with E-state index < -0.39 is 47.7 Å². The van der Waals surface area contributed by atoms with Gasteiger partial charge in [0.15, 0.2) is 18.2 Å². The van der Waals surface area contributed by atoms with Gasteiger partial charge in [0.2, 0.25) is 0 Å². The topological polar surface area (TPSA) is 150 Å². The number of aryl methyl sites for hydroxylation is 1. The van der Waals surface area contributed by atoms with Crippen molar-refractivity contribution in [3.8, 4) is 11.8 Å². The summed E-state index contributed by atoms with van der Waals surface area (Å²) >= 11 is 6.52. The average Bonchev–Trinajstić information content (AvgIpc) is 3.32. The molecule has 4 aromatic rings. The molecule has 1 fully saturated rings. The summed E-state index contributed by atoms with van der Waals surface area (Å²) in [5.74, 6) is -6.67. The Morgan fingerprint density at radius 1 is 1.10 bits per heavy atom. The Morgan fingerprint density at radius 2 is 1.79 bits per heavy atom. The van der Waals surface area contributed by atoms with Gasteiger partial charge in [0.1, 0.15) is 17.9 Å². The van der Waals surface area contributed by atoms with Crippen molar-refractivity contribution < 1.29 is 27.9 Å². The van der Waals surface area contributed by atoms with Crippen LogP contribution in [0.1, 0.15) is 33.2 Å². The van der Waals surface area contributed by atoms with Crippen LogP contribution >= 0.6 is 11.6 Å². The lowest BCUT2D eigenvalue weighted by Crippen LogP contribution is -2.64. The molecule has 0 bridgehead atoms. The lowest BCUT2D eigenvalue weighted by molar-refractivity contribution is -0.122. The minimum absolute atomic E-state index is 0.00972. The van der Waals surface area contributed by atoms with E-state index in [9.17, 15) is 24.4 Å². The van der Waals surface area contributed by atoms with Crippen LogP contribution in [0.25, 0.3) is 10.9 Å². The molecule has 0 spiro atoms. The molecule has 48 heavy (non-hydrogen) atoms. The number of benzene rings is 2. The van der Waals surface area contributed by atoms with Crippen LogP contribution in [-0.4, -0.2) is 70.9 Å². The number of nitriles is 1. The SMILES string of the molecule is CNC(=O)COc1cc2cc(Nc3nc(N4CC(C)C(F)(F)C(N5C(=O)c6ccccc6C5=O)C4)c(C#N)cc3Cl)ccc2n(C)c1=O. The fraction of sp³-hybridized carbons (Fsp3) is 0.273. The zero-order chi connectivity index (χ0) is 34.5. The van der Waals surface area contributed by atoms with Crippen molar-refractivity contribution in [2.75, 3.05) is 37.0 Å². The van der Waals surface area contributed by atoms with E-state index in [-0.39, 0.29) is 52.2 Å². The number of amides is 3. The summed E-state index contributed by atoms with van der Waals surface area (Å²) in [7, 11) is 3.01.